The Labute approximate surface area is 168 Å². The van der Waals surface area contributed by atoms with Crippen LogP contribution in [0.5, 0.6) is 0 Å². The summed E-state index contributed by atoms with van der Waals surface area (Å²) in [5.41, 5.74) is 3.69. The molecule has 0 bridgehead atoms. The van der Waals surface area contributed by atoms with Gasteiger partial charge in [0.2, 0.25) is 0 Å². The maximum atomic E-state index is 12.8. The fourth-order valence-corrected chi connectivity index (χ4v) is 3.95. The highest BCUT2D eigenvalue weighted by molar-refractivity contribution is 6.10. The van der Waals surface area contributed by atoms with Crippen LogP contribution in [0.3, 0.4) is 0 Å². The van der Waals surface area contributed by atoms with Crippen LogP contribution >= 0.6 is 0 Å². The third-order valence-electron chi connectivity index (χ3n) is 5.42. The first-order valence-corrected chi connectivity index (χ1v) is 9.94. The Morgan fingerprint density at radius 3 is 2.59 bits per heavy atom. The molecule has 1 amide bonds. The molecule has 6 nitrogen and oxygen atoms in total. The number of piperidine rings is 1. The van der Waals surface area contributed by atoms with Gasteiger partial charge in [0.05, 0.1) is 22.9 Å². The van der Waals surface area contributed by atoms with Gasteiger partial charge in [-0.15, -0.1) is 0 Å². The van der Waals surface area contributed by atoms with E-state index in [1.54, 1.807) is 6.20 Å². The smallest absolute Gasteiger partial charge is 0.275 e. The van der Waals surface area contributed by atoms with Crippen molar-refractivity contribution in [2.45, 2.75) is 19.3 Å². The Balaban J connectivity index is 1.49. The minimum Gasteiger partial charge on any atom is -0.371 e. The lowest BCUT2D eigenvalue weighted by Gasteiger charge is -2.30. The minimum atomic E-state index is -0.279. The number of aromatic nitrogens is 3. The van der Waals surface area contributed by atoms with Crippen molar-refractivity contribution in [3.05, 3.63) is 66.7 Å². The monoisotopic (exact) mass is 383 g/mol. The molecule has 0 atom stereocenters. The summed E-state index contributed by atoms with van der Waals surface area (Å²) in [5.74, 6) is -0.279. The third kappa shape index (κ3) is 3.38. The van der Waals surface area contributed by atoms with Gasteiger partial charge in [-0.2, -0.15) is 0 Å². The van der Waals surface area contributed by atoms with Gasteiger partial charge in [-0.05, 0) is 49.6 Å². The van der Waals surface area contributed by atoms with Crippen molar-refractivity contribution >= 4 is 39.1 Å². The zero-order chi connectivity index (χ0) is 19.6. The van der Waals surface area contributed by atoms with E-state index in [-0.39, 0.29) is 5.91 Å². The lowest BCUT2D eigenvalue weighted by molar-refractivity contribution is 0.102. The van der Waals surface area contributed by atoms with Crippen LogP contribution in [-0.2, 0) is 0 Å². The number of nitrogens with one attached hydrogen (secondary N) is 1. The van der Waals surface area contributed by atoms with Crippen LogP contribution in [-0.4, -0.2) is 33.9 Å². The lowest BCUT2D eigenvalue weighted by atomic mass is 10.0. The zero-order valence-electron chi connectivity index (χ0n) is 16.0. The third-order valence-corrected chi connectivity index (χ3v) is 5.42. The first-order valence-electron chi connectivity index (χ1n) is 9.94. The molecule has 29 heavy (non-hydrogen) atoms. The molecule has 144 valence electrons. The molecule has 3 heterocycles. The largest absolute Gasteiger partial charge is 0.371 e. The molecule has 0 radical (unpaired) electrons. The molecule has 4 aromatic rings. The first kappa shape index (κ1) is 17.6. The van der Waals surface area contributed by atoms with Crippen LogP contribution < -0.4 is 10.2 Å². The second kappa shape index (κ2) is 7.47. The van der Waals surface area contributed by atoms with Gasteiger partial charge < -0.3 is 10.2 Å². The minimum absolute atomic E-state index is 0.279. The number of amides is 1. The van der Waals surface area contributed by atoms with E-state index in [4.69, 9.17) is 0 Å². The number of anilines is 2. The number of fused-ring (bicyclic) bond motifs is 2. The van der Waals surface area contributed by atoms with Crippen molar-refractivity contribution in [1.29, 1.82) is 0 Å². The summed E-state index contributed by atoms with van der Waals surface area (Å²) in [6.45, 7) is 2.13. The van der Waals surface area contributed by atoms with E-state index in [1.165, 1.54) is 31.1 Å². The summed E-state index contributed by atoms with van der Waals surface area (Å²) in [6, 6.07) is 13.6. The predicted octanol–water partition coefficient (Wildman–Crippen LogP) is 4.42. The van der Waals surface area contributed by atoms with Gasteiger partial charge in [0, 0.05) is 41.9 Å². The Hall–Kier alpha value is -3.54. The van der Waals surface area contributed by atoms with Gasteiger partial charge in [0.15, 0.2) is 0 Å². The molecule has 2 aromatic heterocycles. The van der Waals surface area contributed by atoms with Crippen molar-refractivity contribution in [2.24, 2.45) is 0 Å². The summed E-state index contributed by atoms with van der Waals surface area (Å²) in [5, 5.41) is 5.03. The van der Waals surface area contributed by atoms with E-state index < -0.39 is 0 Å². The Bertz CT molecular complexity index is 1200. The van der Waals surface area contributed by atoms with Crippen LogP contribution in [0.1, 0.15) is 29.8 Å². The lowest BCUT2D eigenvalue weighted by Crippen LogP contribution is -2.29. The van der Waals surface area contributed by atoms with Gasteiger partial charge >= 0.3 is 0 Å². The fraction of sp³-hybridized carbons (Fsp3) is 0.217. The van der Waals surface area contributed by atoms with Gasteiger partial charge in [-0.25, -0.2) is 4.98 Å². The van der Waals surface area contributed by atoms with Crippen LogP contribution in [0.2, 0.25) is 0 Å². The molecule has 0 aliphatic carbocycles. The Kier molecular flexibility index (Phi) is 4.52. The molecule has 0 saturated carbocycles. The number of hydrogen-bond acceptors (Lipinski definition) is 5. The summed E-state index contributed by atoms with van der Waals surface area (Å²) in [4.78, 5) is 28.3. The van der Waals surface area contributed by atoms with Crippen molar-refractivity contribution in [3.8, 4) is 0 Å². The maximum absolute atomic E-state index is 12.8. The summed E-state index contributed by atoms with van der Waals surface area (Å²) < 4.78 is 0. The number of carbonyl (C=O) groups excluding carboxylic acids is 1. The second-order valence-corrected chi connectivity index (χ2v) is 7.30. The Morgan fingerprint density at radius 2 is 1.72 bits per heavy atom. The standard InChI is InChI=1S/C23H21N5O/c29-23(21-15-25-19-6-2-3-7-20(19)26-21)27-18-8-9-22(28-12-4-1-5-13-28)16-10-11-24-14-17(16)18/h2-3,6-11,14-15H,1,4-5,12-13H2,(H,27,29). The molecule has 6 heteroatoms. The van der Waals surface area contributed by atoms with E-state index in [9.17, 15) is 4.79 Å². The molecule has 0 spiro atoms. The van der Waals surface area contributed by atoms with E-state index in [2.05, 4.69) is 31.2 Å². The molecule has 2 aromatic carbocycles. The average molecular weight is 383 g/mol. The quantitative estimate of drug-likeness (QED) is 0.567. The molecule has 1 fully saturated rings. The number of benzene rings is 2. The number of carbonyl (C=O) groups is 1. The van der Waals surface area contributed by atoms with Crippen molar-refractivity contribution in [2.75, 3.05) is 23.3 Å². The predicted molar refractivity (Wildman–Crippen MR) is 115 cm³/mol. The summed E-state index contributed by atoms with van der Waals surface area (Å²) >= 11 is 0. The highest BCUT2D eigenvalue weighted by atomic mass is 16.1. The van der Waals surface area contributed by atoms with Crippen LogP contribution in [0.4, 0.5) is 11.4 Å². The number of rotatable bonds is 3. The number of hydrogen-bond donors (Lipinski definition) is 1. The highest BCUT2D eigenvalue weighted by Crippen LogP contribution is 2.33. The summed E-state index contributed by atoms with van der Waals surface area (Å²) in [6.07, 6.45) is 8.84. The SMILES string of the molecule is O=C(Nc1ccc(N2CCCCC2)c2ccncc12)c1cnc2ccccc2n1. The van der Waals surface area contributed by atoms with Gasteiger partial charge in [0.1, 0.15) is 5.69 Å². The normalized spacial score (nSPS) is 14.3. The van der Waals surface area contributed by atoms with Crippen molar-refractivity contribution in [1.82, 2.24) is 15.0 Å². The summed E-state index contributed by atoms with van der Waals surface area (Å²) in [7, 11) is 0. The van der Waals surface area contributed by atoms with Crippen LogP contribution in [0.15, 0.2) is 61.1 Å². The van der Waals surface area contributed by atoms with E-state index in [0.29, 0.717) is 11.2 Å². The van der Waals surface area contributed by atoms with Crippen molar-refractivity contribution < 1.29 is 4.79 Å². The van der Waals surface area contributed by atoms with Gasteiger partial charge in [-0.3, -0.25) is 14.8 Å². The van der Waals surface area contributed by atoms with E-state index in [1.807, 2.05) is 42.6 Å². The fourth-order valence-electron chi connectivity index (χ4n) is 3.95. The zero-order valence-corrected chi connectivity index (χ0v) is 16.0. The Morgan fingerprint density at radius 1 is 0.897 bits per heavy atom. The number of para-hydroxylation sites is 2. The molecule has 1 N–H and O–H groups in total. The second-order valence-electron chi connectivity index (χ2n) is 7.30. The van der Waals surface area contributed by atoms with Gasteiger partial charge in [-0.1, -0.05) is 12.1 Å². The molecule has 5 rings (SSSR count). The highest BCUT2D eigenvalue weighted by Gasteiger charge is 2.17. The van der Waals surface area contributed by atoms with Gasteiger partial charge in [0.25, 0.3) is 5.91 Å². The van der Waals surface area contributed by atoms with E-state index in [0.717, 1.165) is 35.1 Å². The molecular formula is C23H21N5O. The topological polar surface area (TPSA) is 71.0 Å². The molecule has 0 unspecified atom stereocenters. The molecule has 1 aliphatic rings. The molecule has 1 saturated heterocycles. The number of nitrogens with zero attached hydrogens (tertiary/aromatic N) is 4. The molecule has 1 aliphatic heterocycles. The van der Waals surface area contributed by atoms with Crippen LogP contribution in [0, 0.1) is 0 Å². The van der Waals surface area contributed by atoms with Crippen molar-refractivity contribution in [3.63, 3.8) is 0 Å². The van der Waals surface area contributed by atoms with Crippen LogP contribution in [0.25, 0.3) is 21.8 Å². The van der Waals surface area contributed by atoms with E-state index >= 15 is 0 Å². The number of pyridine rings is 1. The maximum Gasteiger partial charge on any atom is 0.275 e. The average Bonchev–Trinajstić information content (AvgIpc) is 2.79. The first-order chi connectivity index (χ1) is 14.3. The molecular weight excluding hydrogens is 362 g/mol.